The van der Waals surface area contributed by atoms with Gasteiger partial charge in [-0.2, -0.15) is 0 Å². The van der Waals surface area contributed by atoms with Gasteiger partial charge < -0.3 is 5.73 Å². The van der Waals surface area contributed by atoms with Crippen LogP contribution in [0.3, 0.4) is 0 Å². The molecule has 2 rings (SSSR count). The first kappa shape index (κ1) is 13.2. The number of nitrogens with two attached hydrogens (primary N) is 1. The summed E-state index contributed by atoms with van der Waals surface area (Å²) in [5, 5.41) is 0. The minimum Gasteiger partial charge on any atom is -0.326 e. The second-order valence-corrected chi connectivity index (χ2v) is 4.44. The average Bonchev–Trinajstić information content (AvgIpc) is 2.68. The minimum absolute atomic E-state index is 0.0691. The fourth-order valence-electron chi connectivity index (χ4n) is 2.15. The molecule has 0 bridgehead atoms. The van der Waals surface area contributed by atoms with Gasteiger partial charge in [-0.1, -0.05) is 0 Å². The van der Waals surface area contributed by atoms with Gasteiger partial charge in [0, 0.05) is 37.1 Å². The summed E-state index contributed by atoms with van der Waals surface area (Å²) >= 11 is 0. The lowest BCUT2D eigenvalue weighted by atomic mass is 10.1. The first-order valence-electron chi connectivity index (χ1n) is 5.64. The highest BCUT2D eigenvalue weighted by molar-refractivity contribution is 5.20. The highest BCUT2D eigenvalue weighted by Gasteiger charge is 2.41. The third kappa shape index (κ3) is 2.60. The SMILES string of the molecule is NCc1cnc(C2CCC(F)(F)C2)nc1C(F)F. The maximum Gasteiger partial charge on any atom is 0.280 e. The van der Waals surface area contributed by atoms with Gasteiger partial charge in [0.1, 0.15) is 11.5 Å². The molecule has 0 amide bonds. The van der Waals surface area contributed by atoms with E-state index >= 15 is 0 Å². The van der Waals surface area contributed by atoms with Crippen LogP contribution >= 0.6 is 0 Å². The molecular formula is C11H13F4N3. The van der Waals surface area contributed by atoms with E-state index in [-0.39, 0.29) is 37.2 Å². The van der Waals surface area contributed by atoms with E-state index in [0.717, 1.165) is 0 Å². The molecule has 1 fully saturated rings. The summed E-state index contributed by atoms with van der Waals surface area (Å²) in [6.07, 6.45) is -1.97. The molecular weight excluding hydrogens is 250 g/mol. The summed E-state index contributed by atoms with van der Waals surface area (Å²) < 4.78 is 51.6. The molecule has 1 aromatic heterocycles. The largest absolute Gasteiger partial charge is 0.326 e. The van der Waals surface area contributed by atoms with E-state index < -0.39 is 24.0 Å². The lowest BCUT2D eigenvalue weighted by Gasteiger charge is -2.12. The van der Waals surface area contributed by atoms with Gasteiger partial charge in [-0.3, -0.25) is 0 Å². The number of rotatable bonds is 3. The molecule has 1 aliphatic carbocycles. The smallest absolute Gasteiger partial charge is 0.280 e. The second kappa shape index (κ2) is 4.79. The molecule has 0 aromatic carbocycles. The Morgan fingerprint density at radius 1 is 1.44 bits per heavy atom. The molecule has 100 valence electrons. The van der Waals surface area contributed by atoms with Crippen molar-refractivity contribution in [3.8, 4) is 0 Å². The normalized spacial score (nSPS) is 22.7. The molecule has 0 aliphatic heterocycles. The molecule has 1 aromatic rings. The molecule has 0 saturated heterocycles. The van der Waals surface area contributed by atoms with Crippen molar-refractivity contribution >= 4 is 0 Å². The Balaban J connectivity index is 2.27. The first-order chi connectivity index (χ1) is 8.43. The van der Waals surface area contributed by atoms with Gasteiger partial charge in [-0.15, -0.1) is 0 Å². The summed E-state index contributed by atoms with van der Waals surface area (Å²) in [4.78, 5) is 7.60. The van der Waals surface area contributed by atoms with Gasteiger partial charge in [-0.25, -0.2) is 27.5 Å². The van der Waals surface area contributed by atoms with Crippen molar-refractivity contribution in [3.05, 3.63) is 23.3 Å². The number of hydrogen-bond donors (Lipinski definition) is 1. The second-order valence-electron chi connectivity index (χ2n) is 4.44. The Morgan fingerprint density at radius 3 is 2.67 bits per heavy atom. The van der Waals surface area contributed by atoms with Crippen LogP contribution in [0.15, 0.2) is 6.20 Å². The Bertz CT molecular complexity index is 436. The first-order valence-corrected chi connectivity index (χ1v) is 5.64. The lowest BCUT2D eigenvalue weighted by molar-refractivity contribution is 0.00752. The van der Waals surface area contributed by atoms with Crippen LogP contribution in [-0.2, 0) is 6.54 Å². The van der Waals surface area contributed by atoms with Gasteiger partial charge in [0.15, 0.2) is 0 Å². The molecule has 1 atom stereocenters. The van der Waals surface area contributed by atoms with Gasteiger partial charge in [0.25, 0.3) is 6.43 Å². The van der Waals surface area contributed by atoms with Crippen LogP contribution in [0.4, 0.5) is 17.6 Å². The zero-order valence-electron chi connectivity index (χ0n) is 9.54. The van der Waals surface area contributed by atoms with Gasteiger partial charge in [-0.05, 0) is 6.42 Å². The molecule has 1 saturated carbocycles. The molecule has 1 aliphatic rings. The number of alkyl halides is 4. The summed E-state index contributed by atoms with van der Waals surface area (Å²) in [7, 11) is 0. The molecule has 1 unspecified atom stereocenters. The Morgan fingerprint density at radius 2 is 2.17 bits per heavy atom. The Hall–Kier alpha value is -1.24. The van der Waals surface area contributed by atoms with Crippen LogP contribution in [-0.4, -0.2) is 15.9 Å². The van der Waals surface area contributed by atoms with Crippen molar-refractivity contribution in [1.29, 1.82) is 0 Å². The highest BCUT2D eigenvalue weighted by Crippen LogP contribution is 2.43. The predicted octanol–water partition coefficient (Wildman–Crippen LogP) is 2.78. The third-order valence-electron chi connectivity index (χ3n) is 3.11. The van der Waals surface area contributed by atoms with E-state index in [0.29, 0.717) is 0 Å². The topological polar surface area (TPSA) is 51.8 Å². The van der Waals surface area contributed by atoms with Crippen molar-refractivity contribution < 1.29 is 17.6 Å². The van der Waals surface area contributed by atoms with Crippen molar-refractivity contribution in [3.63, 3.8) is 0 Å². The molecule has 0 spiro atoms. The Labute approximate surface area is 101 Å². The van der Waals surface area contributed by atoms with Crippen molar-refractivity contribution in [2.75, 3.05) is 0 Å². The quantitative estimate of drug-likeness (QED) is 0.853. The van der Waals surface area contributed by atoms with E-state index in [1.165, 1.54) is 6.20 Å². The van der Waals surface area contributed by atoms with Crippen LogP contribution in [0.25, 0.3) is 0 Å². The van der Waals surface area contributed by atoms with Crippen LogP contribution in [0.5, 0.6) is 0 Å². The maximum absolute atomic E-state index is 13.1. The van der Waals surface area contributed by atoms with E-state index in [1.807, 2.05) is 0 Å². The van der Waals surface area contributed by atoms with Gasteiger partial charge in [0.2, 0.25) is 5.92 Å². The summed E-state index contributed by atoms with van der Waals surface area (Å²) in [5.74, 6) is -3.23. The molecule has 1 heterocycles. The van der Waals surface area contributed by atoms with Crippen molar-refractivity contribution in [1.82, 2.24) is 9.97 Å². The van der Waals surface area contributed by atoms with E-state index in [2.05, 4.69) is 9.97 Å². The zero-order chi connectivity index (χ0) is 13.3. The summed E-state index contributed by atoms with van der Waals surface area (Å²) in [6.45, 7) is -0.0964. The fraction of sp³-hybridized carbons (Fsp3) is 0.636. The highest BCUT2D eigenvalue weighted by atomic mass is 19.3. The van der Waals surface area contributed by atoms with Crippen LogP contribution in [0.2, 0.25) is 0 Å². The monoisotopic (exact) mass is 263 g/mol. The van der Waals surface area contributed by atoms with E-state index in [9.17, 15) is 17.6 Å². The number of nitrogens with zero attached hydrogens (tertiary/aromatic N) is 2. The Kier molecular flexibility index (Phi) is 3.52. The van der Waals surface area contributed by atoms with Gasteiger partial charge >= 0.3 is 0 Å². The summed E-state index contributed by atoms with van der Waals surface area (Å²) in [5.41, 5.74) is 5.01. The van der Waals surface area contributed by atoms with Crippen molar-refractivity contribution in [2.45, 2.75) is 44.1 Å². The molecule has 0 radical (unpaired) electrons. The van der Waals surface area contributed by atoms with E-state index in [4.69, 9.17) is 5.73 Å². The van der Waals surface area contributed by atoms with Crippen LogP contribution in [0.1, 0.15) is 48.7 Å². The van der Waals surface area contributed by atoms with E-state index in [1.54, 1.807) is 0 Å². The molecule has 18 heavy (non-hydrogen) atoms. The fourth-order valence-corrected chi connectivity index (χ4v) is 2.15. The van der Waals surface area contributed by atoms with Crippen molar-refractivity contribution in [2.24, 2.45) is 5.73 Å². The number of hydrogen-bond acceptors (Lipinski definition) is 3. The number of aromatic nitrogens is 2. The molecule has 3 nitrogen and oxygen atoms in total. The minimum atomic E-state index is -2.77. The number of halogens is 4. The third-order valence-corrected chi connectivity index (χ3v) is 3.11. The maximum atomic E-state index is 13.1. The summed E-state index contributed by atoms with van der Waals surface area (Å²) in [6, 6.07) is 0. The average molecular weight is 263 g/mol. The zero-order valence-corrected chi connectivity index (χ0v) is 9.54. The predicted molar refractivity (Wildman–Crippen MR) is 56.4 cm³/mol. The molecule has 2 N–H and O–H groups in total. The van der Waals surface area contributed by atoms with Gasteiger partial charge in [0.05, 0.1) is 0 Å². The van der Waals surface area contributed by atoms with Crippen LogP contribution < -0.4 is 5.73 Å². The standard InChI is InChI=1S/C11H13F4N3/c12-9(13)8-7(4-16)5-17-10(18-8)6-1-2-11(14,15)3-6/h5-6,9H,1-4,16H2. The lowest BCUT2D eigenvalue weighted by Crippen LogP contribution is -2.12. The van der Waals surface area contributed by atoms with Crippen LogP contribution in [0, 0.1) is 0 Å². The molecule has 7 heteroatoms.